The maximum absolute atomic E-state index is 12.1. The Bertz CT molecular complexity index is 251. The highest BCUT2D eigenvalue weighted by Crippen LogP contribution is 2.36. The number of likely N-dealkylation sites (tertiary alicyclic amines) is 1. The fourth-order valence-electron chi connectivity index (χ4n) is 3.08. The molecule has 16 heavy (non-hydrogen) atoms. The molecule has 92 valence electrons. The van der Waals surface area contributed by atoms with E-state index in [4.69, 9.17) is 5.73 Å². The van der Waals surface area contributed by atoms with E-state index < -0.39 is 0 Å². The molecule has 1 aliphatic carbocycles. The van der Waals surface area contributed by atoms with E-state index in [0.29, 0.717) is 0 Å². The summed E-state index contributed by atoms with van der Waals surface area (Å²) in [6, 6.07) is -0.305. The van der Waals surface area contributed by atoms with Crippen molar-refractivity contribution in [2.24, 2.45) is 23.5 Å². The first-order valence-electron chi connectivity index (χ1n) is 6.64. The molecule has 3 unspecified atom stereocenters. The van der Waals surface area contributed by atoms with Gasteiger partial charge in [0.25, 0.3) is 0 Å². The van der Waals surface area contributed by atoms with Gasteiger partial charge in [0, 0.05) is 13.1 Å². The first-order chi connectivity index (χ1) is 7.59. The van der Waals surface area contributed by atoms with Gasteiger partial charge in [-0.2, -0.15) is 0 Å². The van der Waals surface area contributed by atoms with E-state index in [2.05, 4.69) is 0 Å². The van der Waals surface area contributed by atoms with Crippen LogP contribution in [0.2, 0.25) is 0 Å². The molecular weight excluding hydrogens is 200 g/mol. The summed E-state index contributed by atoms with van der Waals surface area (Å²) in [5, 5.41) is 0. The molecule has 2 aliphatic rings. The van der Waals surface area contributed by atoms with E-state index in [-0.39, 0.29) is 17.9 Å². The second kappa shape index (κ2) is 4.74. The molecule has 1 saturated heterocycles. The lowest BCUT2D eigenvalue weighted by Crippen LogP contribution is -2.45. The van der Waals surface area contributed by atoms with Crippen LogP contribution in [0.15, 0.2) is 0 Å². The fraction of sp³-hybridized carbons (Fsp3) is 0.923. The van der Waals surface area contributed by atoms with Crippen LogP contribution in [0.1, 0.15) is 39.5 Å². The summed E-state index contributed by atoms with van der Waals surface area (Å²) >= 11 is 0. The van der Waals surface area contributed by atoms with E-state index in [9.17, 15) is 4.79 Å². The Kier molecular flexibility index (Phi) is 3.53. The number of nitrogens with two attached hydrogens (primary N) is 1. The summed E-state index contributed by atoms with van der Waals surface area (Å²) < 4.78 is 0. The predicted molar refractivity (Wildman–Crippen MR) is 64.8 cm³/mol. The molecule has 0 radical (unpaired) electrons. The molecule has 0 aromatic rings. The highest BCUT2D eigenvalue weighted by Gasteiger charge is 2.37. The van der Waals surface area contributed by atoms with E-state index in [1.165, 1.54) is 25.7 Å². The number of carbonyl (C=O) groups is 1. The quantitative estimate of drug-likeness (QED) is 0.774. The van der Waals surface area contributed by atoms with Gasteiger partial charge in [0.05, 0.1) is 6.04 Å². The molecule has 2 fully saturated rings. The van der Waals surface area contributed by atoms with Crippen molar-refractivity contribution in [3.8, 4) is 0 Å². The van der Waals surface area contributed by atoms with E-state index >= 15 is 0 Å². The zero-order valence-electron chi connectivity index (χ0n) is 10.5. The van der Waals surface area contributed by atoms with Crippen molar-refractivity contribution in [1.82, 2.24) is 4.90 Å². The first-order valence-corrected chi connectivity index (χ1v) is 6.64. The molecule has 1 aliphatic heterocycles. The minimum atomic E-state index is -0.305. The fourth-order valence-corrected chi connectivity index (χ4v) is 3.08. The van der Waals surface area contributed by atoms with Crippen LogP contribution >= 0.6 is 0 Å². The van der Waals surface area contributed by atoms with E-state index in [0.717, 1.165) is 24.9 Å². The molecule has 1 heterocycles. The monoisotopic (exact) mass is 224 g/mol. The van der Waals surface area contributed by atoms with Gasteiger partial charge in [-0.3, -0.25) is 4.79 Å². The Morgan fingerprint density at radius 2 is 1.69 bits per heavy atom. The molecule has 3 atom stereocenters. The number of nitrogens with zero attached hydrogens (tertiary/aromatic N) is 1. The Morgan fingerprint density at radius 1 is 1.19 bits per heavy atom. The van der Waals surface area contributed by atoms with Gasteiger partial charge in [0.1, 0.15) is 0 Å². The van der Waals surface area contributed by atoms with Gasteiger partial charge in [0.15, 0.2) is 0 Å². The second-order valence-corrected chi connectivity index (χ2v) is 5.82. The van der Waals surface area contributed by atoms with E-state index in [1.807, 2.05) is 18.7 Å². The SMILES string of the molecule is CC(C)C(N)C(=O)N1CC2CCCCC2C1. The summed E-state index contributed by atoms with van der Waals surface area (Å²) in [4.78, 5) is 14.2. The number of hydrogen-bond acceptors (Lipinski definition) is 2. The molecule has 0 aromatic carbocycles. The van der Waals surface area contributed by atoms with Crippen molar-refractivity contribution in [3.63, 3.8) is 0 Å². The number of hydrogen-bond donors (Lipinski definition) is 1. The molecule has 1 amide bonds. The van der Waals surface area contributed by atoms with E-state index in [1.54, 1.807) is 0 Å². The lowest BCUT2D eigenvalue weighted by molar-refractivity contribution is -0.132. The summed E-state index contributed by atoms with van der Waals surface area (Å²) in [6.45, 7) is 5.96. The van der Waals surface area contributed by atoms with Crippen molar-refractivity contribution in [2.45, 2.75) is 45.6 Å². The van der Waals surface area contributed by atoms with Crippen molar-refractivity contribution in [3.05, 3.63) is 0 Å². The standard InChI is InChI=1S/C13H24N2O/c1-9(2)12(14)13(16)15-7-10-5-3-4-6-11(10)8-15/h9-12H,3-8,14H2,1-2H3. The van der Waals surface area contributed by atoms with Crippen LogP contribution in [0.3, 0.4) is 0 Å². The highest BCUT2D eigenvalue weighted by atomic mass is 16.2. The highest BCUT2D eigenvalue weighted by molar-refractivity contribution is 5.82. The second-order valence-electron chi connectivity index (χ2n) is 5.82. The Labute approximate surface area is 98.4 Å². The van der Waals surface area contributed by atoms with Crippen LogP contribution in [0.25, 0.3) is 0 Å². The summed E-state index contributed by atoms with van der Waals surface area (Å²) in [5.74, 6) is 1.94. The van der Waals surface area contributed by atoms with Gasteiger partial charge >= 0.3 is 0 Å². The molecule has 1 saturated carbocycles. The first kappa shape index (κ1) is 11.9. The molecular formula is C13H24N2O. The van der Waals surface area contributed by atoms with Crippen LogP contribution in [0.4, 0.5) is 0 Å². The average Bonchev–Trinajstić information content (AvgIpc) is 2.70. The van der Waals surface area contributed by atoms with Crippen molar-refractivity contribution in [1.29, 1.82) is 0 Å². The van der Waals surface area contributed by atoms with Crippen LogP contribution in [0.5, 0.6) is 0 Å². The molecule has 2 N–H and O–H groups in total. The van der Waals surface area contributed by atoms with Crippen LogP contribution in [-0.2, 0) is 4.79 Å². The molecule has 3 heteroatoms. The predicted octanol–water partition coefficient (Wildman–Crippen LogP) is 1.62. The lowest BCUT2D eigenvalue weighted by Gasteiger charge is -2.23. The molecule has 0 bridgehead atoms. The van der Waals surface area contributed by atoms with Crippen LogP contribution in [0, 0.1) is 17.8 Å². The number of fused-ring (bicyclic) bond motifs is 1. The minimum absolute atomic E-state index is 0.171. The average molecular weight is 224 g/mol. The zero-order valence-corrected chi connectivity index (χ0v) is 10.5. The summed E-state index contributed by atoms with van der Waals surface area (Å²) in [7, 11) is 0. The summed E-state index contributed by atoms with van der Waals surface area (Å²) in [6.07, 6.45) is 5.32. The largest absolute Gasteiger partial charge is 0.341 e. The molecule has 3 nitrogen and oxygen atoms in total. The van der Waals surface area contributed by atoms with Gasteiger partial charge in [-0.15, -0.1) is 0 Å². The van der Waals surface area contributed by atoms with Crippen molar-refractivity contribution in [2.75, 3.05) is 13.1 Å². The van der Waals surface area contributed by atoms with Gasteiger partial charge in [0.2, 0.25) is 5.91 Å². The maximum Gasteiger partial charge on any atom is 0.239 e. The van der Waals surface area contributed by atoms with Gasteiger partial charge in [-0.1, -0.05) is 26.7 Å². The molecule has 0 aromatic heterocycles. The van der Waals surface area contributed by atoms with Gasteiger partial charge in [-0.05, 0) is 30.6 Å². The Morgan fingerprint density at radius 3 is 2.12 bits per heavy atom. The normalized spacial score (nSPS) is 31.6. The van der Waals surface area contributed by atoms with Crippen LogP contribution < -0.4 is 5.73 Å². The Balaban J connectivity index is 1.94. The third-order valence-corrected chi connectivity index (χ3v) is 4.29. The number of carbonyl (C=O) groups excluding carboxylic acids is 1. The van der Waals surface area contributed by atoms with Gasteiger partial charge < -0.3 is 10.6 Å². The molecule has 2 rings (SSSR count). The van der Waals surface area contributed by atoms with Crippen LogP contribution in [-0.4, -0.2) is 29.9 Å². The maximum atomic E-state index is 12.1. The Hall–Kier alpha value is -0.570. The summed E-state index contributed by atoms with van der Waals surface area (Å²) in [5.41, 5.74) is 5.94. The van der Waals surface area contributed by atoms with Gasteiger partial charge in [-0.25, -0.2) is 0 Å². The zero-order chi connectivity index (χ0) is 11.7. The third kappa shape index (κ3) is 2.24. The van der Waals surface area contributed by atoms with Crippen molar-refractivity contribution < 1.29 is 4.79 Å². The minimum Gasteiger partial charge on any atom is -0.341 e. The number of rotatable bonds is 2. The smallest absolute Gasteiger partial charge is 0.239 e. The number of amides is 1. The van der Waals surface area contributed by atoms with Crippen molar-refractivity contribution >= 4 is 5.91 Å². The molecule has 0 spiro atoms. The topological polar surface area (TPSA) is 46.3 Å². The lowest BCUT2D eigenvalue weighted by atomic mass is 9.82. The third-order valence-electron chi connectivity index (χ3n) is 4.29.